The number of aliphatic hydroxyl groups excluding tert-OH is 1. The summed E-state index contributed by atoms with van der Waals surface area (Å²) in [6.45, 7) is 4.03. The van der Waals surface area contributed by atoms with Gasteiger partial charge in [-0.3, -0.25) is 9.91 Å². The molecule has 0 bridgehead atoms. The predicted octanol–water partition coefficient (Wildman–Crippen LogP) is 1.49. The van der Waals surface area contributed by atoms with E-state index in [-0.39, 0.29) is 24.5 Å². The number of carbonyl (C=O) groups is 1. The van der Waals surface area contributed by atoms with E-state index in [2.05, 4.69) is 11.7 Å². The summed E-state index contributed by atoms with van der Waals surface area (Å²) in [5.74, 6) is -1.63. The van der Waals surface area contributed by atoms with Crippen molar-refractivity contribution in [3.05, 3.63) is 36.5 Å². The second kappa shape index (κ2) is 6.44. The smallest absolute Gasteiger partial charge is 0.414 e. The summed E-state index contributed by atoms with van der Waals surface area (Å²) in [7, 11) is 0. The summed E-state index contributed by atoms with van der Waals surface area (Å²) in [6.07, 6.45) is 1.38. The van der Waals surface area contributed by atoms with Crippen molar-refractivity contribution in [2.75, 3.05) is 36.0 Å². The normalized spacial score (nSPS) is 20.5. The van der Waals surface area contributed by atoms with Gasteiger partial charge in [-0.05, 0) is 0 Å². The Morgan fingerprint density at radius 3 is 2.58 bits per heavy atom. The molecule has 1 aromatic rings. The van der Waals surface area contributed by atoms with Crippen LogP contribution in [0.1, 0.15) is 0 Å². The van der Waals surface area contributed by atoms with Crippen molar-refractivity contribution in [1.29, 1.82) is 0 Å². The highest BCUT2D eigenvalue weighted by atomic mass is 19.1. The molecule has 2 aliphatic rings. The third kappa shape index (κ3) is 2.90. The lowest BCUT2D eigenvalue weighted by atomic mass is 10.2. The molecular weight excluding hydrogens is 322 g/mol. The Morgan fingerprint density at radius 2 is 2.08 bits per heavy atom. The zero-order chi connectivity index (χ0) is 17.3. The Balaban J connectivity index is 1.87. The average Bonchev–Trinajstić information content (AvgIpc) is 2.96. The van der Waals surface area contributed by atoms with Crippen LogP contribution >= 0.6 is 0 Å². The maximum Gasteiger partial charge on any atom is 0.414 e. The summed E-state index contributed by atoms with van der Waals surface area (Å²) in [6, 6.07) is 2.13. The minimum Gasteiger partial charge on any atom is -0.441 e. The minimum absolute atomic E-state index is 0.0347. The number of ether oxygens (including phenoxy) is 1. The molecule has 1 atom stereocenters. The van der Waals surface area contributed by atoms with Gasteiger partial charge in [0.25, 0.3) is 0 Å². The van der Waals surface area contributed by atoms with Crippen LogP contribution in [0.25, 0.3) is 0 Å². The number of rotatable bonds is 4. The van der Waals surface area contributed by atoms with Crippen LogP contribution in [0.4, 0.5) is 25.0 Å². The average molecular weight is 338 g/mol. The number of benzene rings is 1. The lowest BCUT2D eigenvalue weighted by molar-refractivity contribution is 0.0963. The van der Waals surface area contributed by atoms with Crippen LogP contribution in [0.2, 0.25) is 0 Å². The molecule has 2 aliphatic heterocycles. The Bertz CT molecular complexity index is 674. The van der Waals surface area contributed by atoms with Gasteiger partial charge in [-0.25, -0.2) is 13.6 Å². The molecule has 24 heavy (non-hydrogen) atoms. The van der Waals surface area contributed by atoms with E-state index in [9.17, 15) is 13.6 Å². The highest BCUT2D eigenvalue weighted by Gasteiger charge is 2.33. The fourth-order valence-corrected chi connectivity index (χ4v) is 2.57. The number of aliphatic hydroxyl groups is 1. The maximum atomic E-state index is 14.4. The van der Waals surface area contributed by atoms with Crippen LogP contribution in [0, 0.1) is 11.6 Å². The van der Waals surface area contributed by atoms with Gasteiger partial charge in [0.15, 0.2) is 11.6 Å². The van der Waals surface area contributed by atoms with Crippen LogP contribution < -0.4 is 9.80 Å². The number of carbonyl (C=O) groups excluding carboxylic acids is 1. The second-order valence-corrected chi connectivity index (χ2v) is 5.33. The van der Waals surface area contributed by atoms with Crippen LogP contribution in [-0.4, -0.2) is 54.9 Å². The Hall–Kier alpha value is -2.68. The molecule has 0 spiro atoms. The zero-order valence-corrected chi connectivity index (χ0v) is 12.7. The van der Waals surface area contributed by atoms with Gasteiger partial charge in [0, 0.05) is 24.9 Å². The molecule has 9 heteroatoms. The van der Waals surface area contributed by atoms with Gasteiger partial charge >= 0.3 is 6.09 Å². The molecule has 3 rings (SSSR count). The number of anilines is 2. The number of hydrazone groups is 1. The number of hydrogen-bond acceptors (Lipinski definition) is 6. The number of hydrogen-bond donors (Lipinski definition) is 1. The number of amides is 1. The highest BCUT2D eigenvalue weighted by molar-refractivity contribution is 5.90. The van der Waals surface area contributed by atoms with Crippen LogP contribution in [0.15, 0.2) is 30.0 Å². The topological polar surface area (TPSA) is 68.6 Å². The number of halogens is 2. The molecule has 0 aromatic heterocycles. The lowest BCUT2D eigenvalue weighted by Crippen LogP contribution is -2.36. The van der Waals surface area contributed by atoms with Gasteiger partial charge in [-0.15, -0.1) is 0 Å². The third-order valence-corrected chi connectivity index (χ3v) is 3.80. The van der Waals surface area contributed by atoms with Crippen molar-refractivity contribution in [1.82, 2.24) is 5.01 Å². The van der Waals surface area contributed by atoms with E-state index >= 15 is 0 Å². The number of nitrogens with zero attached hydrogens (tertiary/aromatic N) is 4. The van der Waals surface area contributed by atoms with E-state index < -0.39 is 23.8 Å². The predicted molar refractivity (Wildman–Crippen MR) is 83.8 cm³/mol. The lowest BCUT2D eigenvalue weighted by Gasteiger charge is -2.28. The molecule has 1 saturated heterocycles. The first-order valence-electron chi connectivity index (χ1n) is 7.31. The van der Waals surface area contributed by atoms with Crippen molar-refractivity contribution in [3.63, 3.8) is 0 Å². The fourth-order valence-electron chi connectivity index (χ4n) is 2.57. The van der Waals surface area contributed by atoms with Gasteiger partial charge in [-0.2, -0.15) is 5.10 Å². The van der Waals surface area contributed by atoms with Gasteiger partial charge in [0.2, 0.25) is 0 Å². The monoisotopic (exact) mass is 338 g/mol. The molecular formula is C15H16F2N4O3. The molecule has 1 amide bonds. The standard InChI is InChI=1S/C15H16F2N4O3/c1-2-20-4-3-19(9-18-20)14-12(16)5-10(6-13(14)17)21-7-11(8-22)24-15(21)23/h2,5-6,9,11,22H,1,3-4,7-8H2/t11-/m1/s1. The van der Waals surface area contributed by atoms with Gasteiger partial charge < -0.3 is 14.7 Å². The summed E-state index contributed by atoms with van der Waals surface area (Å²) in [4.78, 5) is 14.2. The van der Waals surface area contributed by atoms with E-state index in [1.807, 2.05) is 0 Å². The van der Waals surface area contributed by atoms with Crippen molar-refractivity contribution in [2.24, 2.45) is 5.10 Å². The van der Waals surface area contributed by atoms with Gasteiger partial charge in [0.05, 0.1) is 25.4 Å². The van der Waals surface area contributed by atoms with Gasteiger partial charge in [0.1, 0.15) is 18.1 Å². The molecule has 0 radical (unpaired) electrons. The van der Waals surface area contributed by atoms with Crippen LogP contribution in [0.3, 0.4) is 0 Å². The summed E-state index contributed by atoms with van der Waals surface area (Å²) in [5, 5.41) is 14.6. The van der Waals surface area contributed by atoms with Crippen molar-refractivity contribution in [2.45, 2.75) is 6.10 Å². The zero-order valence-electron chi connectivity index (χ0n) is 12.7. The summed E-state index contributed by atoms with van der Waals surface area (Å²) < 4.78 is 33.7. The molecule has 128 valence electrons. The van der Waals surface area contributed by atoms with E-state index in [0.29, 0.717) is 13.1 Å². The van der Waals surface area contributed by atoms with E-state index in [0.717, 1.165) is 17.0 Å². The second-order valence-electron chi connectivity index (χ2n) is 5.33. The van der Waals surface area contributed by atoms with Crippen LogP contribution in [0.5, 0.6) is 0 Å². The first-order valence-corrected chi connectivity index (χ1v) is 7.31. The molecule has 0 aliphatic carbocycles. The van der Waals surface area contributed by atoms with Crippen molar-refractivity contribution < 1.29 is 23.4 Å². The Kier molecular flexibility index (Phi) is 4.34. The SMILES string of the molecule is C=CN1CCN(c2c(F)cc(N3C[C@H](CO)OC3=O)cc2F)C=N1. The third-order valence-electron chi connectivity index (χ3n) is 3.80. The van der Waals surface area contributed by atoms with Crippen LogP contribution in [-0.2, 0) is 4.74 Å². The first kappa shape index (κ1) is 16.2. The van der Waals surface area contributed by atoms with Crippen molar-refractivity contribution in [3.8, 4) is 0 Å². The molecule has 2 heterocycles. The summed E-state index contributed by atoms with van der Waals surface area (Å²) >= 11 is 0. The van der Waals surface area contributed by atoms with E-state index in [4.69, 9.17) is 9.84 Å². The summed E-state index contributed by atoms with van der Waals surface area (Å²) in [5.41, 5.74) is -0.200. The maximum absolute atomic E-state index is 14.4. The quantitative estimate of drug-likeness (QED) is 0.901. The fraction of sp³-hybridized carbons (Fsp3) is 0.333. The Labute approximate surface area is 137 Å². The molecule has 1 N–H and O–H groups in total. The highest BCUT2D eigenvalue weighted by Crippen LogP contribution is 2.31. The molecule has 0 unspecified atom stereocenters. The van der Waals surface area contributed by atoms with Crippen molar-refractivity contribution >= 4 is 23.8 Å². The first-order chi connectivity index (χ1) is 11.5. The number of cyclic esters (lactones) is 1. The Morgan fingerprint density at radius 1 is 1.38 bits per heavy atom. The van der Waals surface area contributed by atoms with E-state index in [1.165, 1.54) is 17.4 Å². The molecule has 7 nitrogen and oxygen atoms in total. The largest absolute Gasteiger partial charge is 0.441 e. The molecule has 1 fully saturated rings. The minimum atomic E-state index is -0.816. The van der Waals surface area contributed by atoms with Gasteiger partial charge in [-0.1, -0.05) is 6.58 Å². The molecule has 0 saturated carbocycles. The van der Waals surface area contributed by atoms with E-state index in [1.54, 1.807) is 5.01 Å². The molecule has 1 aromatic carbocycles.